The minimum Gasteiger partial charge on any atom is -0.383 e. The molecule has 0 unspecified atom stereocenters. The molecule has 1 saturated carbocycles. The standard InChI is InChI=1S/C19H24ClN5O4S/c1-28-10-8-22-30(26,27)15-4-2-14(3-5-15)23-18-21-12-16(20)17(24-18)25-9-11-29-19(13-25)6-7-19/h2-5,12,22H,6-11,13H2,1H3,(H,21,23,24). The summed E-state index contributed by atoms with van der Waals surface area (Å²) in [4.78, 5) is 11.1. The van der Waals surface area contributed by atoms with Gasteiger partial charge in [-0.1, -0.05) is 11.6 Å². The molecule has 162 valence electrons. The highest BCUT2D eigenvalue weighted by atomic mass is 35.5. The Kier molecular flexibility index (Phi) is 6.12. The summed E-state index contributed by atoms with van der Waals surface area (Å²) in [6, 6.07) is 6.37. The fourth-order valence-electron chi connectivity index (χ4n) is 3.32. The summed E-state index contributed by atoms with van der Waals surface area (Å²) in [7, 11) is -2.06. The van der Waals surface area contributed by atoms with Gasteiger partial charge in [0, 0.05) is 32.4 Å². The molecule has 30 heavy (non-hydrogen) atoms. The second-order valence-corrected chi connectivity index (χ2v) is 9.53. The van der Waals surface area contributed by atoms with Crippen LogP contribution in [0.3, 0.4) is 0 Å². The van der Waals surface area contributed by atoms with Crippen LogP contribution in [0.15, 0.2) is 35.4 Å². The van der Waals surface area contributed by atoms with E-state index in [0.29, 0.717) is 35.7 Å². The summed E-state index contributed by atoms with van der Waals surface area (Å²) < 4.78 is 37.7. The molecule has 1 aromatic heterocycles. The fraction of sp³-hybridized carbons (Fsp3) is 0.474. The molecule has 0 radical (unpaired) electrons. The van der Waals surface area contributed by atoms with Crippen molar-refractivity contribution in [2.24, 2.45) is 0 Å². The van der Waals surface area contributed by atoms with Crippen LogP contribution in [0.2, 0.25) is 5.02 Å². The molecule has 2 N–H and O–H groups in total. The molecular formula is C19H24ClN5O4S. The van der Waals surface area contributed by atoms with Crippen molar-refractivity contribution in [1.82, 2.24) is 14.7 Å². The number of halogens is 1. The number of rotatable bonds is 8. The molecule has 9 nitrogen and oxygen atoms in total. The Bertz CT molecular complexity index is 998. The number of benzene rings is 1. The van der Waals surface area contributed by atoms with Crippen LogP contribution >= 0.6 is 11.6 Å². The zero-order valence-corrected chi connectivity index (χ0v) is 18.2. The van der Waals surface area contributed by atoms with Crippen LogP contribution in [0, 0.1) is 0 Å². The Morgan fingerprint density at radius 3 is 2.77 bits per heavy atom. The van der Waals surface area contributed by atoms with Crippen molar-refractivity contribution in [3.05, 3.63) is 35.5 Å². The molecule has 1 aliphatic heterocycles. The summed E-state index contributed by atoms with van der Waals surface area (Å²) in [6.45, 7) is 2.66. The predicted molar refractivity (Wildman–Crippen MR) is 114 cm³/mol. The largest absolute Gasteiger partial charge is 0.383 e. The van der Waals surface area contributed by atoms with Crippen molar-refractivity contribution >= 4 is 39.1 Å². The average Bonchev–Trinajstić information content (AvgIpc) is 3.48. The highest BCUT2D eigenvalue weighted by Gasteiger charge is 2.48. The third-order valence-electron chi connectivity index (χ3n) is 5.10. The maximum atomic E-state index is 12.2. The molecule has 1 aliphatic carbocycles. The number of sulfonamides is 1. The van der Waals surface area contributed by atoms with E-state index in [2.05, 4.69) is 24.9 Å². The molecule has 0 bridgehead atoms. The van der Waals surface area contributed by atoms with E-state index in [4.69, 9.17) is 21.1 Å². The first-order chi connectivity index (χ1) is 14.4. The maximum absolute atomic E-state index is 12.2. The van der Waals surface area contributed by atoms with Crippen LogP contribution in [0.25, 0.3) is 0 Å². The molecule has 2 aliphatic rings. The Balaban J connectivity index is 1.45. The molecule has 2 heterocycles. The monoisotopic (exact) mass is 453 g/mol. The molecule has 1 saturated heterocycles. The van der Waals surface area contributed by atoms with Crippen molar-refractivity contribution in [3.63, 3.8) is 0 Å². The van der Waals surface area contributed by atoms with Crippen LogP contribution in [0.5, 0.6) is 0 Å². The van der Waals surface area contributed by atoms with Gasteiger partial charge in [0.05, 0.1) is 29.9 Å². The number of hydrogen-bond donors (Lipinski definition) is 2. The number of morpholine rings is 1. The van der Waals surface area contributed by atoms with E-state index in [1.807, 2.05) is 0 Å². The van der Waals surface area contributed by atoms with Crippen LogP contribution < -0.4 is 14.9 Å². The van der Waals surface area contributed by atoms with Crippen molar-refractivity contribution in [1.29, 1.82) is 0 Å². The molecule has 2 fully saturated rings. The Labute approximate surface area is 180 Å². The first-order valence-corrected chi connectivity index (χ1v) is 11.5. The van der Waals surface area contributed by atoms with Gasteiger partial charge in [-0.25, -0.2) is 18.1 Å². The number of nitrogens with one attached hydrogen (secondary N) is 2. The molecule has 2 aromatic rings. The molecule has 0 atom stereocenters. The number of hydrogen-bond acceptors (Lipinski definition) is 8. The summed E-state index contributed by atoms with van der Waals surface area (Å²) in [6.07, 6.45) is 3.69. The average molecular weight is 454 g/mol. The van der Waals surface area contributed by atoms with Crippen LogP contribution in [-0.4, -0.2) is 63.9 Å². The van der Waals surface area contributed by atoms with E-state index < -0.39 is 10.0 Å². The van der Waals surface area contributed by atoms with Gasteiger partial charge in [0.1, 0.15) is 5.02 Å². The maximum Gasteiger partial charge on any atom is 0.240 e. The minimum absolute atomic E-state index is 0.0429. The van der Waals surface area contributed by atoms with E-state index in [9.17, 15) is 8.42 Å². The van der Waals surface area contributed by atoms with Gasteiger partial charge in [-0.3, -0.25) is 0 Å². The first-order valence-electron chi connectivity index (χ1n) is 9.68. The van der Waals surface area contributed by atoms with E-state index >= 15 is 0 Å². The lowest BCUT2D eigenvalue weighted by Crippen LogP contribution is -2.44. The van der Waals surface area contributed by atoms with Crippen LogP contribution in [0.1, 0.15) is 12.8 Å². The van der Waals surface area contributed by atoms with E-state index in [1.165, 1.54) is 19.2 Å². The van der Waals surface area contributed by atoms with Crippen molar-refractivity contribution in [2.75, 3.05) is 50.2 Å². The smallest absolute Gasteiger partial charge is 0.240 e. The lowest BCUT2D eigenvalue weighted by atomic mass is 10.2. The summed E-state index contributed by atoms with van der Waals surface area (Å²) >= 11 is 6.35. The molecule has 0 amide bonds. The van der Waals surface area contributed by atoms with E-state index in [0.717, 1.165) is 25.9 Å². The zero-order valence-electron chi connectivity index (χ0n) is 16.6. The number of anilines is 3. The summed E-state index contributed by atoms with van der Waals surface area (Å²) in [5.74, 6) is 1.06. The lowest BCUT2D eigenvalue weighted by molar-refractivity contribution is 0.0204. The van der Waals surface area contributed by atoms with Gasteiger partial charge >= 0.3 is 0 Å². The lowest BCUT2D eigenvalue weighted by Gasteiger charge is -2.34. The Hall–Kier alpha value is -1.98. The van der Waals surface area contributed by atoms with Gasteiger partial charge in [-0.05, 0) is 37.1 Å². The van der Waals surface area contributed by atoms with Gasteiger partial charge in [0.15, 0.2) is 5.82 Å². The zero-order chi connectivity index (χ0) is 21.2. The van der Waals surface area contributed by atoms with Gasteiger partial charge in [-0.2, -0.15) is 4.98 Å². The highest BCUT2D eigenvalue weighted by molar-refractivity contribution is 7.89. The Morgan fingerprint density at radius 2 is 2.07 bits per heavy atom. The fourth-order valence-corrected chi connectivity index (χ4v) is 4.54. The highest BCUT2D eigenvalue weighted by Crippen LogP contribution is 2.43. The van der Waals surface area contributed by atoms with Crippen LogP contribution in [-0.2, 0) is 19.5 Å². The molecular weight excluding hydrogens is 430 g/mol. The topological polar surface area (TPSA) is 106 Å². The minimum atomic E-state index is -3.58. The number of ether oxygens (including phenoxy) is 2. The third-order valence-corrected chi connectivity index (χ3v) is 6.84. The number of nitrogens with zero attached hydrogens (tertiary/aromatic N) is 3. The molecule has 4 rings (SSSR count). The SMILES string of the molecule is COCCNS(=O)(=O)c1ccc(Nc2ncc(Cl)c(N3CCOC4(CC4)C3)n2)cc1. The van der Waals surface area contributed by atoms with Crippen molar-refractivity contribution in [3.8, 4) is 0 Å². The normalized spacial score (nSPS) is 17.9. The summed E-state index contributed by atoms with van der Waals surface area (Å²) in [5.41, 5.74) is 0.624. The molecule has 1 aromatic carbocycles. The van der Waals surface area contributed by atoms with Crippen molar-refractivity contribution in [2.45, 2.75) is 23.3 Å². The molecule has 1 spiro atoms. The van der Waals surface area contributed by atoms with Gasteiger partial charge in [-0.15, -0.1) is 0 Å². The number of aromatic nitrogens is 2. The second kappa shape index (κ2) is 8.64. The van der Waals surface area contributed by atoms with Gasteiger partial charge in [0.25, 0.3) is 0 Å². The van der Waals surface area contributed by atoms with Crippen LogP contribution in [0.4, 0.5) is 17.5 Å². The van der Waals surface area contributed by atoms with E-state index in [1.54, 1.807) is 18.3 Å². The van der Waals surface area contributed by atoms with Crippen molar-refractivity contribution < 1.29 is 17.9 Å². The van der Waals surface area contributed by atoms with Gasteiger partial charge in [0.2, 0.25) is 16.0 Å². The first kappa shape index (κ1) is 21.3. The number of methoxy groups -OCH3 is 1. The quantitative estimate of drug-likeness (QED) is 0.586. The Morgan fingerprint density at radius 1 is 1.30 bits per heavy atom. The molecule has 11 heteroatoms. The summed E-state index contributed by atoms with van der Waals surface area (Å²) in [5, 5.41) is 3.59. The van der Waals surface area contributed by atoms with E-state index in [-0.39, 0.29) is 17.0 Å². The third kappa shape index (κ3) is 4.84. The second-order valence-electron chi connectivity index (χ2n) is 7.36. The predicted octanol–water partition coefficient (Wildman–Crippen LogP) is 2.17. The van der Waals surface area contributed by atoms with Gasteiger partial charge < -0.3 is 19.7 Å².